The Balaban J connectivity index is 0. The third-order valence-corrected chi connectivity index (χ3v) is 2.59. The molecule has 0 radical (unpaired) electrons. The zero-order valence-electron chi connectivity index (χ0n) is 11.2. The van der Waals surface area contributed by atoms with E-state index in [0.717, 1.165) is 44.9 Å². The Bertz CT molecular complexity index is 212. The molecule has 0 atom stereocenters. The Hall–Kier alpha value is -1.30. The molecule has 0 saturated heterocycles. The van der Waals surface area contributed by atoms with Crippen molar-refractivity contribution in [1.82, 2.24) is 0 Å². The molecule has 0 aliphatic heterocycles. The Morgan fingerprint density at radius 2 is 1.22 bits per heavy atom. The van der Waals surface area contributed by atoms with E-state index in [-0.39, 0.29) is 5.83 Å². The standard InChI is InChI=1S/C13H23FO2.C2H2/c1-12(14)10-8-6-4-2-3-5-7-9-11-13(15)16;1-2/h1-11H2,(H,15,16);1-2H. The summed E-state index contributed by atoms with van der Waals surface area (Å²) in [6.07, 6.45) is 17.1. The van der Waals surface area contributed by atoms with Crippen LogP contribution >= 0.6 is 0 Å². The summed E-state index contributed by atoms with van der Waals surface area (Å²) in [6.45, 7) is 3.22. The summed E-state index contributed by atoms with van der Waals surface area (Å²) in [5, 5.41) is 8.42. The SMILES string of the molecule is C#C.C=C(F)CCCCCCCCCCC(=O)O. The van der Waals surface area contributed by atoms with Crippen LogP contribution in [0.4, 0.5) is 4.39 Å². The van der Waals surface area contributed by atoms with E-state index in [1.54, 1.807) is 0 Å². The maximum absolute atomic E-state index is 12.2. The Kier molecular flexibility index (Phi) is 16.6. The van der Waals surface area contributed by atoms with Crippen molar-refractivity contribution in [1.29, 1.82) is 0 Å². The summed E-state index contributed by atoms with van der Waals surface area (Å²) in [7, 11) is 0. The zero-order valence-corrected chi connectivity index (χ0v) is 11.2. The van der Waals surface area contributed by atoms with E-state index < -0.39 is 5.97 Å². The van der Waals surface area contributed by atoms with Crippen LogP contribution in [0.25, 0.3) is 0 Å². The molecule has 0 amide bonds. The number of terminal acetylenes is 1. The molecule has 1 N–H and O–H groups in total. The quantitative estimate of drug-likeness (QED) is 0.429. The first-order valence-corrected chi connectivity index (χ1v) is 6.51. The van der Waals surface area contributed by atoms with Gasteiger partial charge >= 0.3 is 5.97 Å². The molecule has 0 unspecified atom stereocenters. The number of hydrogen-bond donors (Lipinski definition) is 1. The van der Waals surface area contributed by atoms with Gasteiger partial charge < -0.3 is 5.11 Å². The van der Waals surface area contributed by atoms with E-state index >= 15 is 0 Å². The number of carboxylic acid groups (broad SMARTS) is 1. The monoisotopic (exact) mass is 256 g/mol. The van der Waals surface area contributed by atoms with Crippen molar-refractivity contribution in [3.8, 4) is 12.8 Å². The highest BCUT2D eigenvalue weighted by molar-refractivity contribution is 5.66. The summed E-state index contributed by atoms with van der Waals surface area (Å²) in [5.41, 5.74) is 0. The van der Waals surface area contributed by atoms with Crippen molar-refractivity contribution in [2.45, 2.75) is 64.2 Å². The highest BCUT2D eigenvalue weighted by Gasteiger charge is 1.97. The predicted octanol–water partition coefficient (Wildman–Crippen LogP) is 4.70. The second kappa shape index (κ2) is 15.7. The van der Waals surface area contributed by atoms with Crippen molar-refractivity contribution in [3.63, 3.8) is 0 Å². The molecule has 0 rings (SSSR count). The second-order valence-electron chi connectivity index (χ2n) is 4.24. The van der Waals surface area contributed by atoms with Gasteiger partial charge in [0, 0.05) is 6.42 Å². The third kappa shape index (κ3) is 20.2. The van der Waals surface area contributed by atoms with Gasteiger partial charge in [0.05, 0.1) is 5.83 Å². The van der Waals surface area contributed by atoms with Crippen LogP contribution in [0.15, 0.2) is 12.4 Å². The van der Waals surface area contributed by atoms with Gasteiger partial charge in [-0.3, -0.25) is 4.79 Å². The summed E-state index contributed by atoms with van der Waals surface area (Å²) < 4.78 is 12.2. The van der Waals surface area contributed by atoms with Crippen LogP contribution in [0.5, 0.6) is 0 Å². The van der Waals surface area contributed by atoms with Crippen molar-refractivity contribution in [3.05, 3.63) is 12.4 Å². The lowest BCUT2D eigenvalue weighted by atomic mass is 10.1. The van der Waals surface area contributed by atoms with Crippen LogP contribution in [0.2, 0.25) is 0 Å². The van der Waals surface area contributed by atoms with E-state index in [2.05, 4.69) is 19.4 Å². The van der Waals surface area contributed by atoms with Crippen LogP contribution in [-0.2, 0) is 4.79 Å². The van der Waals surface area contributed by atoms with E-state index in [1.807, 2.05) is 0 Å². The first-order chi connectivity index (χ1) is 8.63. The van der Waals surface area contributed by atoms with Gasteiger partial charge in [-0.15, -0.1) is 12.8 Å². The maximum atomic E-state index is 12.2. The molecule has 0 fully saturated rings. The number of unbranched alkanes of at least 4 members (excludes halogenated alkanes) is 7. The molecule has 2 nitrogen and oxygen atoms in total. The van der Waals surface area contributed by atoms with Gasteiger partial charge in [0.2, 0.25) is 0 Å². The summed E-state index contributed by atoms with van der Waals surface area (Å²) in [4.78, 5) is 10.2. The van der Waals surface area contributed by atoms with E-state index in [9.17, 15) is 9.18 Å². The second-order valence-corrected chi connectivity index (χ2v) is 4.24. The van der Waals surface area contributed by atoms with Gasteiger partial charge in [-0.05, 0) is 19.3 Å². The minimum atomic E-state index is -0.702. The molecule has 3 heteroatoms. The van der Waals surface area contributed by atoms with Gasteiger partial charge in [-0.2, -0.15) is 0 Å². The summed E-state index contributed by atoms with van der Waals surface area (Å²) in [5.74, 6) is -0.917. The number of aliphatic carboxylic acids is 1. The summed E-state index contributed by atoms with van der Waals surface area (Å²) >= 11 is 0. The number of rotatable bonds is 11. The summed E-state index contributed by atoms with van der Waals surface area (Å²) in [6, 6.07) is 0. The van der Waals surface area contributed by atoms with Crippen molar-refractivity contribution >= 4 is 5.97 Å². The molecular weight excluding hydrogens is 231 g/mol. The smallest absolute Gasteiger partial charge is 0.303 e. The molecule has 104 valence electrons. The van der Waals surface area contributed by atoms with Gasteiger partial charge in [0.25, 0.3) is 0 Å². The van der Waals surface area contributed by atoms with Crippen LogP contribution < -0.4 is 0 Å². The molecule has 0 heterocycles. The van der Waals surface area contributed by atoms with Gasteiger partial charge in [0.15, 0.2) is 0 Å². The average Bonchev–Trinajstić information content (AvgIpc) is 2.33. The first kappa shape index (κ1) is 19.0. The molecular formula is C15H25FO2. The fourth-order valence-corrected chi connectivity index (χ4v) is 1.65. The lowest BCUT2D eigenvalue weighted by molar-refractivity contribution is -0.137. The predicted molar refractivity (Wildman–Crippen MR) is 73.9 cm³/mol. The Labute approximate surface area is 110 Å². The number of halogens is 1. The largest absolute Gasteiger partial charge is 0.481 e. The van der Waals surface area contributed by atoms with Crippen LogP contribution in [0.3, 0.4) is 0 Å². The topological polar surface area (TPSA) is 37.3 Å². The minimum Gasteiger partial charge on any atom is -0.481 e. The Morgan fingerprint density at radius 3 is 1.56 bits per heavy atom. The molecule has 0 spiro atoms. The number of carboxylic acids is 1. The molecule has 0 aliphatic carbocycles. The third-order valence-electron chi connectivity index (χ3n) is 2.59. The molecule has 0 aromatic carbocycles. The lowest BCUT2D eigenvalue weighted by Crippen LogP contribution is -1.93. The van der Waals surface area contributed by atoms with Crippen molar-refractivity contribution in [2.75, 3.05) is 0 Å². The average molecular weight is 256 g/mol. The van der Waals surface area contributed by atoms with Gasteiger partial charge in [-0.25, -0.2) is 4.39 Å². The van der Waals surface area contributed by atoms with Gasteiger partial charge in [0.1, 0.15) is 0 Å². The highest BCUT2D eigenvalue weighted by Crippen LogP contribution is 2.12. The first-order valence-electron chi connectivity index (χ1n) is 6.51. The van der Waals surface area contributed by atoms with Crippen LogP contribution in [0, 0.1) is 12.8 Å². The maximum Gasteiger partial charge on any atom is 0.303 e. The lowest BCUT2D eigenvalue weighted by Gasteiger charge is -2.01. The molecule has 0 bridgehead atoms. The zero-order chi connectivity index (χ0) is 14.2. The highest BCUT2D eigenvalue weighted by atomic mass is 19.1. The molecule has 0 aliphatic rings. The fraction of sp³-hybridized carbons (Fsp3) is 0.667. The fourth-order valence-electron chi connectivity index (χ4n) is 1.65. The molecule has 0 aromatic rings. The van der Waals surface area contributed by atoms with E-state index in [4.69, 9.17) is 5.11 Å². The van der Waals surface area contributed by atoms with Crippen LogP contribution in [-0.4, -0.2) is 11.1 Å². The van der Waals surface area contributed by atoms with Gasteiger partial charge in [-0.1, -0.05) is 45.1 Å². The number of allylic oxidation sites excluding steroid dienone is 1. The Morgan fingerprint density at radius 1 is 0.889 bits per heavy atom. The number of carbonyl (C=O) groups is 1. The number of hydrogen-bond acceptors (Lipinski definition) is 1. The van der Waals surface area contributed by atoms with Crippen molar-refractivity contribution in [2.24, 2.45) is 0 Å². The molecule has 0 saturated carbocycles. The minimum absolute atomic E-state index is 0.214. The van der Waals surface area contributed by atoms with Crippen LogP contribution in [0.1, 0.15) is 64.2 Å². The molecule has 18 heavy (non-hydrogen) atoms. The van der Waals surface area contributed by atoms with E-state index in [1.165, 1.54) is 6.42 Å². The normalized spacial score (nSPS) is 9.28. The van der Waals surface area contributed by atoms with E-state index in [0.29, 0.717) is 12.8 Å². The van der Waals surface area contributed by atoms with Crippen molar-refractivity contribution < 1.29 is 14.3 Å². The molecule has 0 aromatic heterocycles.